The van der Waals surface area contributed by atoms with E-state index >= 15 is 0 Å². The molecule has 3 atom stereocenters. The minimum absolute atomic E-state index is 0.0281. The third-order valence-electron chi connectivity index (χ3n) is 6.00. The van der Waals surface area contributed by atoms with E-state index in [1.165, 1.54) is 16.4 Å². The SMILES string of the molecule is Cc1cc2n(n1)[C@@H](C(F)F)C[C@@H]([C@H]1CCCN(C(=O)CSc3nc(C)c(C)o3)C1)N2. The van der Waals surface area contributed by atoms with E-state index in [4.69, 9.17) is 4.42 Å². The first-order chi connectivity index (χ1) is 14.3. The van der Waals surface area contributed by atoms with Gasteiger partial charge < -0.3 is 14.6 Å². The maximum atomic E-state index is 13.7. The van der Waals surface area contributed by atoms with E-state index in [-0.39, 0.29) is 23.6 Å². The van der Waals surface area contributed by atoms with Crippen LogP contribution < -0.4 is 5.32 Å². The van der Waals surface area contributed by atoms with Crippen LogP contribution in [0.15, 0.2) is 15.7 Å². The van der Waals surface area contributed by atoms with Gasteiger partial charge in [0.2, 0.25) is 5.91 Å². The molecule has 1 saturated heterocycles. The van der Waals surface area contributed by atoms with Gasteiger partial charge in [0.05, 0.1) is 17.1 Å². The summed E-state index contributed by atoms with van der Waals surface area (Å²) in [4.78, 5) is 18.9. The number of nitrogens with one attached hydrogen (secondary N) is 1. The van der Waals surface area contributed by atoms with E-state index in [0.29, 0.717) is 30.6 Å². The Hall–Kier alpha value is -2.10. The zero-order valence-corrected chi connectivity index (χ0v) is 18.2. The summed E-state index contributed by atoms with van der Waals surface area (Å²) >= 11 is 1.30. The van der Waals surface area contributed by atoms with Crippen molar-refractivity contribution in [2.24, 2.45) is 5.92 Å². The zero-order valence-electron chi connectivity index (χ0n) is 17.4. The fourth-order valence-corrected chi connectivity index (χ4v) is 5.11. The quantitative estimate of drug-likeness (QED) is 0.714. The molecule has 0 saturated carbocycles. The summed E-state index contributed by atoms with van der Waals surface area (Å²) in [6, 6.07) is 0.774. The van der Waals surface area contributed by atoms with Crippen molar-refractivity contribution in [3.8, 4) is 0 Å². The second-order valence-electron chi connectivity index (χ2n) is 8.16. The number of fused-ring (bicyclic) bond motifs is 1. The van der Waals surface area contributed by atoms with Gasteiger partial charge in [-0.25, -0.2) is 18.4 Å². The normalized spacial score (nSPS) is 24.1. The summed E-state index contributed by atoms with van der Waals surface area (Å²) in [6.07, 6.45) is -0.385. The van der Waals surface area contributed by atoms with Gasteiger partial charge in [-0.1, -0.05) is 11.8 Å². The molecule has 1 fully saturated rings. The number of amides is 1. The van der Waals surface area contributed by atoms with E-state index in [1.54, 1.807) is 6.92 Å². The number of nitrogens with zero attached hydrogens (tertiary/aromatic N) is 4. The van der Waals surface area contributed by atoms with Crippen LogP contribution in [0.4, 0.5) is 14.6 Å². The summed E-state index contributed by atoms with van der Waals surface area (Å²) in [6.45, 7) is 6.80. The van der Waals surface area contributed by atoms with Crippen molar-refractivity contribution in [3.63, 3.8) is 0 Å². The Balaban J connectivity index is 1.39. The molecular weight excluding hydrogens is 412 g/mol. The van der Waals surface area contributed by atoms with Crippen molar-refractivity contribution in [2.45, 2.75) is 63.8 Å². The molecule has 0 aliphatic carbocycles. The van der Waals surface area contributed by atoms with Gasteiger partial charge in [-0.05, 0) is 46.0 Å². The number of piperidine rings is 1. The second kappa shape index (κ2) is 8.56. The van der Waals surface area contributed by atoms with Gasteiger partial charge in [0.25, 0.3) is 11.6 Å². The monoisotopic (exact) mass is 439 g/mol. The van der Waals surface area contributed by atoms with Crippen LogP contribution >= 0.6 is 11.8 Å². The Bertz CT molecular complexity index is 896. The number of halogens is 2. The van der Waals surface area contributed by atoms with Gasteiger partial charge in [0.15, 0.2) is 0 Å². The Morgan fingerprint density at radius 1 is 1.40 bits per heavy atom. The van der Waals surface area contributed by atoms with E-state index < -0.39 is 12.5 Å². The van der Waals surface area contributed by atoms with Crippen LogP contribution in [0.3, 0.4) is 0 Å². The molecule has 0 bridgehead atoms. The Kier molecular flexibility index (Phi) is 6.04. The molecular formula is C20H27F2N5O2S. The summed E-state index contributed by atoms with van der Waals surface area (Å²) in [5, 5.41) is 8.13. The molecule has 0 unspecified atom stereocenters. The molecule has 1 N–H and O–H groups in total. The Morgan fingerprint density at radius 2 is 2.20 bits per heavy atom. The molecule has 7 nitrogen and oxygen atoms in total. The zero-order chi connectivity index (χ0) is 21.4. The Labute approximate surface area is 178 Å². The van der Waals surface area contributed by atoms with Gasteiger partial charge in [-0.3, -0.25) is 4.79 Å². The summed E-state index contributed by atoms with van der Waals surface area (Å²) < 4.78 is 34.3. The lowest BCUT2D eigenvalue weighted by Gasteiger charge is -2.41. The molecule has 1 amide bonds. The molecule has 10 heteroatoms. The van der Waals surface area contributed by atoms with E-state index in [1.807, 2.05) is 24.8 Å². The average Bonchev–Trinajstić information content (AvgIpc) is 3.25. The molecule has 2 aliphatic rings. The molecule has 4 rings (SSSR count). The van der Waals surface area contributed by atoms with E-state index in [2.05, 4.69) is 15.4 Å². The molecule has 2 aliphatic heterocycles. The molecule has 2 aromatic rings. The number of likely N-dealkylation sites (tertiary alicyclic amines) is 1. The fourth-order valence-electron chi connectivity index (χ4n) is 4.29. The van der Waals surface area contributed by atoms with E-state index in [0.717, 1.165) is 30.0 Å². The van der Waals surface area contributed by atoms with Crippen LogP contribution in [-0.2, 0) is 4.79 Å². The molecule has 2 aromatic heterocycles. The van der Waals surface area contributed by atoms with Crippen LogP contribution in [0.2, 0.25) is 0 Å². The number of aromatic nitrogens is 3. The van der Waals surface area contributed by atoms with Crippen molar-refractivity contribution < 1.29 is 18.0 Å². The minimum atomic E-state index is -2.47. The lowest BCUT2D eigenvalue weighted by Crippen LogP contribution is -2.48. The lowest BCUT2D eigenvalue weighted by atomic mass is 9.86. The highest BCUT2D eigenvalue weighted by atomic mass is 32.2. The summed E-state index contributed by atoms with van der Waals surface area (Å²) in [5.74, 6) is 1.82. The van der Waals surface area contributed by atoms with Gasteiger partial charge in [-0.2, -0.15) is 5.10 Å². The highest BCUT2D eigenvalue weighted by molar-refractivity contribution is 7.99. The number of hydrogen-bond acceptors (Lipinski definition) is 6. The highest BCUT2D eigenvalue weighted by Crippen LogP contribution is 2.36. The number of carbonyl (C=O) groups is 1. The summed E-state index contributed by atoms with van der Waals surface area (Å²) in [7, 11) is 0. The molecule has 4 heterocycles. The highest BCUT2D eigenvalue weighted by Gasteiger charge is 2.38. The van der Waals surface area contributed by atoms with Crippen molar-refractivity contribution in [1.82, 2.24) is 19.7 Å². The first-order valence-corrected chi connectivity index (χ1v) is 11.3. The first kappa shape index (κ1) is 21.1. The van der Waals surface area contributed by atoms with Gasteiger partial charge >= 0.3 is 0 Å². The third kappa shape index (κ3) is 4.33. The van der Waals surface area contributed by atoms with Gasteiger partial charge in [0, 0.05) is 25.2 Å². The fraction of sp³-hybridized carbons (Fsp3) is 0.650. The number of carbonyl (C=O) groups excluding carboxylic acids is 1. The Morgan fingerprint density at radius 3 is 2.90 bits per heavy atom. The minimum Gasteiger partial charge on any atom is -0.437 e. The van der Waals surface area contributed by atoms with E-state index in [9.17, 15) is 13.6 Å². The van der Waals surface area contributed by atoms with Crippen molar-refractivity contribution in [3.05, 3.63) is 23.2 Å². The van der Waals surface area contributed by atoms with Crippen molar-refractivity contribution in [2.75, 3.05) is 24.2 Å². The number of rotatable bonds is 5. The van der Waals surface area contributed by atoms with Crippen LogP contribution in [0, 0.1) is 26.7 Å². The van der Waals surface area contributed by atoms with Gasteiger partial charge in [-0.15, -0.1) is 0 Å². The molecule has 0 aromatic carbocycles. The number of anilines is 1. The maximum absolute atomic E-state index is 13.7. The van der Waals surface area contributed by atoms with Crippen LogP contribution in [-0.4, -0.2) is 56.9 Å². The predicted molar refractivity (Wildman–Crippen MR) is 110 cm³/mol. The number of hydrogen-bond donors (Lipinski definition) is 1. The number of thioether (sulfide) groups is 1. The largest absolute Gasteiger partial charge is 0.437 e. The molecule has 0 spiro atoms. The van der Waals surface area contributed by atoms with Crippen LogP contribution in [0.5, 0.6) is 0 Å². The standard InChI is InChI=1S/C20H27F2N5O2S/c1-11-7-17-24-15(8-16(19(21)22)27(17)25-11)14-5-4-6-26(9-14)18(28)10-30-20-23-12(2)13(3)29-20/h7,14-16,19,24H,4-6,8-10H2,1-3H3/t14-,15-,16+/m0/s1. The van der Waals surface area contributed by atoms with Crippen LogP contribution in [0.25, 0.3) is 0 Å². The first-order valence-electron chi connectivity index (χ1n) is 10.3. The number of aryl methyl sites for hydroxylation is 3. The number of alkyl halides is 2. The smallest absolute Gasteiger partial charge is 0.260 e. The lowest BCUT2D eigenvalue weighted by molar-refractivity contribution is -0.130. The molecule has 30 heavy (non-hydrogen) atoms. The van der Waals surface area contributed by atoms with Gasteiger partial charge in [0.1, 0.15) is 17.6 Å². The maximum Gasteiger partial charge on any atom is 0.260 e. The number of oxazole rings is 1. The predicted octanol–water partition coefficient (Wildman–Crippen LogP) is 3.82. The summed E-state index contributed by atoms with van der Waals surface area (Å²) in [5.41, 5.74) is 1.55. The second-order valence-corrected chi connectivity index (χ2v) is 9.08. The molecule has 0 radical (unpaired) electrons. The topological polar surface area (TPSA) is 76.2 Å². The average molecular weight is 440 g/mol. The van der Waals surface area contributed by atoms with Crippen LogP contribution in [0.1, 0.15) is 42.5 Å². The third-order valence-corrected chi connectivity index (χ3v) is 6.81. The van der Waals surface area contributed by atoms with Crippen molar-refractivity contribution >= 4 is 23.5 Å². The molecule has 164 valence electrons. The van der Waals surface area contributed by atoms with Crippen molar-refractivity contribution in [1.29, 1.82) is 0 Å².